The molecule has 0 fully saturated rings. The molecule has 0 N–H and O–H groups in total. The lowest BCUT2D eigenvalue weighted by atomic mass is 9.86. The number of ketones is 2. The van der Waals surface area contributed by atoms with E-state index in [0.717, 1.165) is 0 Å². The first-order valence-electron chi connectivity index (χ1n) is 9.56. The Morgan fingerprint density at radius 3 is 1.50 bits per heavy atom. The molecule has 8 nitrogen and oxygen atoms in total. The molecule has 0 heterocycles. The summed E-state index contributed by atoms with van der Waals surface area (Å²) in [6.07, 6.45) is -0.0828. The molecule has 0 amide bonds. The van der Waals surface area contributed by atoms with E-state index in [4.69, 9.17) is 11.6 Å². The molecule has 0 spiro atoms. The molecule has 0 bridgehead atoms. The maximum Gasteiger partial charge on any atom is 0.269 e. The zero-order valence-electron chi connectivity index (χ0n) is 16.6. The fourth-order valence-electron chi connectivity index (χ4n) is 3.32. The average molecular weight is 453 g/mol. The van der Waals surface area contributed by atoms with Crippen molar-refractivity contribution in [2.45, 2.75) is 18.8 Å². The first kappa shape index (κ1) is 22.8. The summed E-state index contributed by atoms with van der Waals surface area (Å²) >= 11 is 6.32. The summed E-state index contributed by atoms with van der Waals surface area (Å²) in [7, 11) is 0. The minimum Gasteiger partial charge on any atom is -0.294 e. The number of hydrogen-bond donors (Lipinski definition) is 0. The third kappa shape index (κ3) is 5.41. The number of non-ortho nitro benzene ring substituents is 2. The van der Waals surface area contributed by atoms with E-state index >= 15 is 0 Å². The second kappa shape index (κ2) is 9.93. The van der Waals surface area contributed by atoms with Crippen molar-refractivity contribution in [3.05, 3.63) is 115 Å². The highest BCUT2D eigenvalue weighted by Crippen LogP contribution is 2.32. The standard InChI is InChI=1S/C23H17ClN2O6/c24-21-4-2-1-3-20(21)17(13-22(27)15-5-9-18(10-6-15)25(29)30)14-23(28)16-7-11-19(12-8-16)26(31)32/h1-12,17H,13-14H2. The zero-order valence-corrected chi connectivity index (χ0v) is 17.4. The molecule has 0 radical (unpaired) electrons. The summed E-state index contributed by atoms with van der Waals surface area (Å²) in [5.41, 5.74) is 0.945. The zero-order chi connectivity index (χ0) is 23.3. The predicted molar refractivity (Wildman–Crippen MR) is 118 cm³/mol. The van der Waals surface area contributed by atoms with E-state index in [1.54, 1.807) is 24.3 Å². The van der Waals surface area contributed by atoms with Crippen LogP contribution in [0.15, 0.2) is 72.8 Å². The largest absolute Gasteiger partial charge is 0.294 e. The fraction of sp³-hybridized carbons (Fsp3) is 0.130. The number of carbonyl (C=O) groups excluding carboxylic acids is 2. The van der Waals surface area contributed by atoms with E-state index in [0.29, 0.717) is 10.6 Å². The van der Waals surface area contributed by atoms with Gasteiger partial charge in [0.1, 0.15) is 0 Å². The average Bonchev–Trinajstić information content (AvgIpc) is 2.79. The molecule has 9 heteroatoms. The molecule has 0 aromatic heterocycles. The highest BCUT2D eigenvalue weighted by atomic mass is 35.5. The van der Waals surface area contributed by atoms with Gasteiger partial charge in [0.15, 0.2) is 11.6 Å². The van der Waals surface area contributed by atoms with Crippen LogP contribution in [0.25, 0.3) is 0 Å². The van der Waals surface area contributed by atoms with Gasteiger partial charge in [-0.05, 0) is 41.8 Å². The summed E-state index contributed by atoms with van der Waals surface area (Å²) in [6.45, 7) is 0. The minimum atomic E-state index is -0.552. The van der Waals surface area contributed by atoms with E-state index in [1.165, 1.54) is 48.5 Å². The highest BCUT2D eigenvalue weighted by Gasteiger charge is 2.24. The first-order chi connectivity index (χ1) is 15.3. The summed E-state index contributed by atoms with van der Waals surface area (Å²) in [6, 6.07) is 17.4. The van der Waals surface area contributed by atoms with Gasteiger partial charge in [-0.3, -0.25) is 29.8 Å². The van der Waals surface area contributed by atoms with Gasteiger partial charge in [-0.15, -0.1) is 0 Å². The molecular weight excluding hydrogens is 436 g/mol. The Labute approximate surface area is 187 Å². The maximum atomic E-state index is 12.9. The van der Waals surface area contributed by atoms with Crippen molar-refractivity contribution in [2.24, 2.45) is 0 Å². The van der Waals surface area contributed by atoms with Crippen LogP contribution in [0.5, 0.6) is 0 Å². The minimum absolute atomic E-state index is 0.0414. The van der Waals surface area contributed by atoms with Crippen LogP contribution in [-0.2, 0) is 0 Å². The van der Waals surface area contributed by atoms with Gasteiger partial charge in [-0.1, -0.05) is 29.8 Å². The molecule has 0 aliphatic rings. The van der Waals surface area contributed by atoms with Gasteiger partial charge in [0.2, 0.25) is 0 Å². The lowest BCUT2D eigenvalue weighted by molar-refractivity contribution is -0.385. The molecule has 3 aromatic rings. The third-order valence-electron chi connectivity index (χ3n) is 5.01. The number of nitro groups is 2. The van der Waals surface area contributed by atoms with Gasteiger partial charge in [-0.25, -0.2) is 0 Å². The van der Waals surface area contributed by atoms with Crippen LogP contribution in [0.3, 0.4) is 0 Å². The van der Waals surface area contributed by atoms with Crippen molar-refractivity contribution < 1.29 is 19.4 Å². The lowest BCUT2D eigenvalue weighted by Gasteiger charge is -2.18. The van der Waals surface area contributed by atoms with Crippen LogP contribution in [0.4, 0.5) is 11.4 Å². The highest BCUT2D eigenvalue weighted by molar-refractivity contribution is 6.31. The molecule has 162 valence electrons. The quantitative estimate of drug-likeness (QED) is 0.230. The van der Waals surface area contributed by atoms with Crippen LogP contribution in [0, 0.1) is 20.2 Å². The molecule has 3 rings (SSSR count). The fourth-order valence-corrected chi connectivity index (χ4v) is 3.61. The second-order valence-electron chi connectivity index (χ2n) is 7.08. The molecule has 32 heavy (non-hydrogen) atoms. The number of nitro benzene ring substituents is 2. The van der Waals surface area contributed by atoms with E-state index in [1.807, 2.05) is 0 Å². The number of hydrogen-bond acceptors (Lipinski definition) is 6. The molecule has 0 aliphatic heterocycles. The molecule has 3 aromatic carbocycles. The summed E-state index contributed by atoms with van der Waals surface area (Å²) < 4.78 is 0. The van der Waals surface area contributed by atoms with Gasteiger partial charge >= 0.3 is 0 Å². The van der Waals surface area contributed by atoms with Gasteiger partial charge in [0.25, 0.3) is 11.4 Å². The van der Waals surface area contributed by atoms with Crippen molar-refractivity contribution >= 4 is 34.5 Å². The van der Waals surface area contributed by atoms with Gasteiger partial charge < -0.3 is 0 Å². The van der Waals surface area contributed by atoms with Crippen LogP contribution >= 0.6 is 11.6 Å². The summed E-state index contributed by atoms with van der Waals surface area (Å²) in [4.78, 5) is 46.3. The number of rotatable bonds is 9. The van der Waals surface area contributed by atoms with Crippen molar-refractivity contribution in [3.63, 3.8) is 0 Å². The molecule has 0 saturated heterocycles. The third-order valence-corrected chi connectivity index (χ3v) is 5.35. The monoisotopic (exact) mass is 452 g/mol. The molecule has 0 unspecified atom stereocenters. The number of carbonyl (C=O) groups is 2. The van der Waals surface area contributed by atoms with Gasteiger partial charge in [0, 0.05) is 53.3 Å². The van der Waals surface area contributed by atoms with Crippen LogP contribution < -0.4 is 0 Å². The van der Waals surface area contributed by atoms with Crippen molar-refractivity contribution in [3.8, 4) is 0 Å². The first-order valence-corrected chi connectivity index (χ1v) is 9.94. The van der Waals surface area contributed by atoms with E-state index in [9.17, 15) is 29.8 Å². The Bertz CT molecular complexity index is 1100. The van der Waals surface area contributed by atoms with Crippen LogP contribution in [0.2, 0.25) is 5.02 Å². The number of halogens is 1. The lowest BCUT2D eigenvalue weighted by Crippen LogP contribution is -2.13. The number of benzene rings is 3. The molecule has 0 saturated carbocycles. The summed E-state index contributed by atoms with van der Waals surface area (Å²) in [5, 5.41) is 22.1. The Hall–Kier alpha value is -3.91. The maximum absolute atomic E-state index is 12.9. The molecule has 0 atom stereocenters. The van der Waals surface area contributed by atoms with Gasteiger partial charge in [0.05, 0.1) is 9.85 Å². The topological polar surface area (TPSA) is 120 Å². The predicted octanol–water partition coefficient (Wildman–Crippen LogP) is 5.79. The second-order valence-corrected chi connectivity index (χ2v) is 7.49. The Balaban J connectivity index is 1.84. The van der Waals surface area contributed by atoms with Gasteiger partial charge in [-0.2, -0.15) is 0 Å². The van der Waals surface area contributed by atoms with Crippen molar-refractivity contribution in [1.82, 2.24) is 0 Å². The normalized spacial score (nSPS) is 10.7. The van der Waals surface area contributed by atoms with E-state index in [-0.39, 0.29) is 46.9 Å². The summed E-state index contributed by atoms with van der Waals surface area (Å²) in [5.74, 6) is -1.13. The van der Waals surface area contributed by atoms with E-state index in [2.05, 4.69) is 0 Å². The molecule has 0 aliphatic carbocycles. The van der Waals surface area contributed by atoms with Crippen LogP contribution in [0.1, 0.15) is 45.0 Å². The van der Waals surface area contributed by atoms with Crippen molar-refractivity contribution in [1.29, 1.82) is 0 Å². The smallest absolute Gasteiger partial charge is 0.269 e. The number of Topliss-reactive ketones (excluding diaryl/α,β-unsaturated/α-hetero) is 2. The van der Waals surface area contributed by atoms with Crippen LogP contribution in [-0.4, -0.2) is 21.4 Å². The van der Waals surface area contributed by atoms with E-state index < -0.39 is 15.8 Å². The van der Waals surface area contributed by atoms with Crippen molar-refractivity contribution in [2.75, 3.05) is 0 Å². The Morgan fingerprint density at radius 2 is 1.12 bits per heavy atom. The number of nitrogens with zero attached hydrogens (tertiary/aromatic N) is 2. The molecular formula is C23H17ClN2O6. The Morgan fingerprint density at radius 1 is 0.719 bits per heavy atom. The SMILES string of the molecule is O=C(CC(CC(=O)c1ccc([N+](=O)[O-])cc1)c1ccccc1Cl)c1ccc([N+](=O)[O-])cc1. The Kier molecular flexibility index (Phi) is 7.07.